The van der Waals surface area contributed by atoms with Crippen LogP contribution in [0.3, 0.4) is 0 Å². The van der Waals surface area contributed by atoms with E-state index in [0.29, 0.717) is 12.5 Å². The van der Waals surface area contributed by atoms with Crippen molar-refractivity contribution in [2.24, 2.45) is 0 Å². The molecule has 1 atom stereocenters. The molecule has 0 radical (unpaired) electrons. The minimum Gasteiger partial charge on any atom is -0.378 e. The fourth-order valence-electron chi connectivity index (χ4n) is 2.11. The molecule has 1 aliphatic carbocycles. The summed E-state index contributed by atoms with van der Waals surface area (Å²) in [4.78, 5) is 13.7. The molecule has 1 aliphatic rings. The van der Waals surface area contributed by atoms with Crippen molar-refractivity contribution >= 4 is 11.6 Å². The molecule has 4 nitrogen and oxygen atoms in total. The van der Waals surface area contributed by atoms with Gasteiger partial charge in [-0.05, 0) is 37.5 Å². The molecule has 0 aromatic heterocycles. The zero-order chi connectivity index (χ0) is 14.5. The quantitative estimate of drug-likeness (QED) is 0.800. The Morgan fingerprint density at radius 1 is 1.30 bits per heavy atom. The largest absolute Gasteiger partial charge is 0.378 e. The van der Waals surface area contributed by atoms with E-state index in [1.807, 2.05) is 14.1 Å². The molecular formula is C16H25N3O. The van der Waals surface area contributed by atoms with Gasteiger partial charge in [0, 0.05) is 44.8 Å². The molecule has 4 heteroatoms. The average Bonchev–Trinajstić information content (AvgIpc) is 3.22. The number of nitrogens with zero attached hydrogens (tertiary/aromatic N) is 1. The van der Waals surface area contributed by atoms with Crippen LogP contribution in [0.4, 0.5) is 5.69 Å². The van der Waals surface area contributed by atoms with Crippen LogP contribution >= 0.6 is 0 Å². The summed E-state index contributed by atoms with van der Waals surface area (Å²) in [5.41, 5.74) is 2.45. The monoisotopic (exact) mass is 275 g/mol. The van der Waals surface area contributed by atoms with Crippen molar-refractivity contribution in [3.8, 4) is 0 Å². The third-order valence-electron chi connectivity index (χ3n) is 3.65. The van der Waals surface area contributed by atoms with Gasteiger partial charge in [0.25, 0.3) is 0 Å². The van der Waals surface area contributed by atoms with Crippen molar-refractivity contribution in [3.63, 3.8) is 0 Å². The Kier molecular flexibility index (Phi) is 5.01. The Morgan fingerprint density at radius 2 is 1.95 bits per heavy atom. The van der Waals surface area contributed by atoms with Gasteiger partial charge in [-0.25, -0.2) is 0 Å². The molecule has 0 aliphatic heterocycles. The summed E-state index contributed by atoms with van der Waals surface area (Å²) >= 11 is 0. The highest BCUT2D eigenvalue weighted by molar-refractivity contribution is 5.76. The Balaban J connectivity index is 1.73. The molecule has 1 fully saturated rings. The van der Waals surface area contributed by atoms with Gasteiger partial charge in [-0.15, -0.1) is 0 Å². The van der Waals surface area contributed by atoms with Gasteiger partial charge >= 0.3 is 0 Å². The molecule has 110 valence electrons. The number of rotatable bonds is 7. The van der Waals surface area contributed by atoms with E-state index in [-0.39, 0.29) is 11.9 Å². The van der Waals surface area contributed by atoms with E-state index in [1.54, 1.807) is 0 Å². The predicted octanol–water partition coefficient (Wildman–Crippen LogP) is 2.07. The van der Waals surface area contributed by atoms with Crippen LogP contribution in [0.1, 0.15) is 37.8 Å². The lowest BCUT2D eigenvalue weighted by atomic mass is 10.1. The van der Waals surface area contributed by atoms with Crippen LogP contribution in [0.25, 0.3) is 0 Å². The van der Waals surface area contributed by atoms with Crippen LogP contribution in [0, 0.1) is 0 Å². The second-order valence-electron chi connectivity index (χ2n) is 5.75. The lowest BCUT2D eigenvalue weighted by Gasteiger charge is -2.17. The molecular weight excluding hydrogens is 250 g/mol. The Bertz CT molecular complexity index is 438. The van der Waals surface area contributed by atoms with Crippen LogP contribution in [-0.2, 0) is 4.79 Å². The Hall–Kier alpha value is -1.55. The van der Waals surface area contributed by atoms with E-state index >= 15 is 0 Å². The third kappa shape index (κ3) is 4.53. The maximum atomic E-state index is 11.6. The van der Waals surface area contributed by atoms with Crippen LogP contribution in [-0.4, -0.2) is 32.6 Å². The maximum absolute atomic E-state index is 11.6. The number of hydrogen-bond acceptors (Lipinski definition) is 3. The van der Waals surface area contributed by atoms with Crippen LogP contribution in [0.5, 0.6) is 0 Å². The fraction of sp³-hybridized carbons (Fsp3) is 0.562. The topological polar surface area (TPSA) is 44.4 Å². The summed E-state index contributed by atoms with van der Waals surface area (Å²) in [6.07, 6.45) is 2.85. The molecule has 2 rings (SSSR count). The first-order chi connectivity index (χ1) is 9.56. The summed E-state index contributed by atoms with van der Waals surface area (Å²) in [6.45, 7) is 2.85. The Labute approximate surface area is 121 Å². The zero-order valence-corrected chi connectivity index (χ0v) is 12.6. The van der Waals surface area contributed by atoms with Gasteiger partial charge in [-0.1, -0.05) is 12.1 Å². The average molecular weight is 275 g/mol. The van der Waals surface area contributed by atoms with Crippen molar-refractivity contribution < 1.29 is 4.79 Å². The number of hydrogen-bond donors (Lipinski definition) is 2. The molecule has 0 saturated heterocycles. The molecule has 2 N–H and O–H groups in total. The highest BCUT2D eigenvalue weighted by Crippen LogP contribution is 2.19. The normalized spacial score (nSPS) is 15.8. The molecule has 1 saturated carbocycles. The standard InChI is InChI=1S/C16H25N3O/c1-12(13-4-8-15(9-5-13)19(2)3)17-11-10-16(20)18-14-6-7-14/h4-5,8-9,12,14,17H,6-7,10-11H2,1-3H3,(H,18,20). The van der Waals surface area contributed by atoms with Crippen molar-refractivity contribution in [2.45, 2.75) is 38.3 Å². The number of carbonyl (C=O) groups excluding carboxylic acids is 1. The summed E-state index contributed by atoms with van der Waals surface area (Å²) in [7, 11) is 4.07. The van der Waals surface area contributed by atoms with Crippen molar-refractivity contribution in [3.05, 3.63) is 29.8 Å². The van der Waals surface area contributed by atoms with Gasteiger partial charge in [0.15, 0.2) is 0 Å². The summed E-state index contributed by atoms with van der Waals surface area (Å²) < 4.78 is 0. The summed E-state index contributed by atoms with van der Waals surface area (Å²) in [5, 5.41) is 6.40. The van der Waals surface area contributed by atoms with Gasteiger partial charge in [-0.3, -0.25) is 4.79 Å². The van der Waals surface area contributed by atoms with E-state index in [1.165, 1.54) is 11.3 Å². The van der Waals surface area contributed by atoms with E-state index in [4.69, 9.17) is 0 Å². The van der Waals surface area contributed by atoms with E-state index in [2.05, 4.69) is 46.7 Å². The third-order valence-corrected chi connectivity index (χ3v) is 3.65. The number of amides is 1. The van der Waals surface area contributed by atoms with Crippen LogP contribution in [0.15, 0.2) is 24.3 Å². The van der Waals surface area contributed by atoms with Crippen LogP contribution in [0.2, 0.25) is 0 Å². The molecule has 20 heavy (non-hydrogen) atoms. The van der Waals surface area contributed by atoms with Gasteiger partial charge in [-0.2, -0.15) is 0 Å². The summed E-state index contributed by atoms with van der Waals surface area (Å²) in [6, 6.07) is 9.23. The highest BCUT2D eigenvalue weighted by Gasteiger charge is 2.22. The molecule has 1 aromatic rings. The second-order valence-corrected chi connectivity index (χ2v) is 5.75. The highest BCUT2D eigenvalue weighted by atomic mass is 16.1. The lowest BCUT2D eigenvalue weighted by Crippen LogP contribution is -2.30. The Morgan fingerprint density at radius 3 is 2.50 bits per heavy atom. The first kappa shape index (κ1) is 14.9. The van der Waals surface area contributed by atoms with E-state index < -0.39 is 0 Å². The van der Waals surface area contributed by atoms with Gasteiger partial charge < -0.3 is 15.5 Å². The molecule has 1 amide bonds. The SMILES string of the molecule is CC(NCCC(=O)NC1CC1)c1ccc(N(C)C)cc1. The molecule has 0 bridgehead atoms. The first-order valence-corrected chi connectivity index (χ1v) is 7.36. The first-order valence-electron chi connectivity index (χ1n) is 7.36. The maximum Gasteiger partial charge on any atom is 0.221 e. The minimum absolute atomic E-state index is 0.162. The predicted molar refractivity (Wildman–Crippen MR) is 83.0 cm³/mol. The van der Waals surface area contributed by atoms with E-state index in [9.17, 15) is 4.79 Å². The number of nitrogens with one attached hydrogen (secondary N) is 2. The number of benzene rings is 1. The number of carbonyl (C=O) groups is 1. The lowest BCUT2D eigenvalue weighted by molar-refractivity contribution is -0.121. The fourth-order valence-corrected chi connectivity index (χ4v) is 2.11. The van der Waals surface area contributed by atoms with Gasteiger partial charge in [0.2, 0.25) is 5.91 Å². The zero-order valence-electron chi connectivity index (χ0n) is 12.6. The second kappa shape index (κ2) is 6.75. The number of anilines is 1. The molecule has 0 heterocycles. The van der Waals surface area contributed by atoms with Crippen LogP contribution < -0.4 is 15.5 Å². The molecule has 0 spiro atoms. The summed E-state index contributed by atoms with van der Waals surface area (Å²) in [5.74, 6) is 0.162. The van der Waals surface area contributed by atoms with Crippen molar-refractivity contribution in [1.82, 2.24) is 10.6 Å². The molecule has 1 unspecified atom stereocenters. The smallest absolute Gasteiger partial charge is 0.221 e. The molecule has 1 aromatic carbocycles. The minimum atomic E-state index is 0.162. The van der Waals surface area contributed by atoms with Crippen molar-refractivity contribution in [2.75, 3.05) is 25.5 Å². The van der Waals surface area contributed by atoms with E-state index in [0.717, 1.165) is 19.4 Å². The van der Waals surface area contributed by atoms with Gasteiger partial charge in [0.1, 0.15) is 0 Å². The van der Waals surface area contributed by atoms with Crippen molar-refractivity contribution in [1.29, 1.82) is 0 Å². The van der Waals surface area contributed by atoms with Gasteiger partial charge in [0.05, 0.1) is 0 Å².